The van der Waals surface area contributed by atoms with Crippen molar-refractivity contribution in [2.45, 2.75) is 45.0 Å². The smallest absolute Gasteiger partial charge is 0.127 e. The van der Waals surface area contributed by atoms with Crippen LogP contribution in [0, 0.1) is 5.82 Å². The van der Waals surface area contributed by atoms with Gasteiger partial charge in [0.2, 0.25) is 0 Å². The van der Waals surface area contributed by atoms with Gasteiger partial charge in [-0.05, 0) is 38.0 Å². The van der Waals surface area contributed by atoms with E-state index in [1.165, 1.54) is 6.07 Å². The van der Waals surface area contributed by atoms with Crippen LogP contribution in [0.25, 0.3) is 11.0 Å². The number of halogens is 2. The molecular formula is C14H18ClFN2. The maximum atomic E-state index is 13.4. The lowest BCUT2D eigenvalue weighted by Crippen LogP contribution is -2.11. The summed E-state index contributed by atoms with van der Waals surface area (Å²) in [6.07, 6.45) is 1.96. The molecule has 18 heavy (non-hydrogen) atoms. The fourth-order valence-electron chi connectivity index (χ4n) is 2.40. The lowest BCUT2D eigenvalue weighted by atomic mass is 10.1. The van der Waals surface area contributed by atoms with E-state index in [-0.39, 0.29) is 11.2 Å². The molecule has 4 heteroatoms. The van der Waals surface area contributed by atoms with Gasteiger partial charge in [0.25, 0.3) is 0 Å². The van der Waals surface area contributed by atoms with Gasteiger partial charge in [0.05, 0.1) is 16.4 Å². The zero-order chi connectivity index (χ0) is 13.3. The van der Waals surface area contributed by atoms with Crippen molar-refractivity contribution in [3.05, 3.63) is 29.8 Å². The highest BCUT2D eigenvalue weighted by Crippen LogP contribution is 2.31. The predicted octanol–water partition coefficient (Wildman–Crippen LogP) is 4.84. The first-order valence-corrected chi connectivity index (χ1v) is 6.83. The van der Waals surface area contributed by atoms with Crippen LogP contribution in [0.4, 0.5) is 4.39 Å². The fraction of sp³-hybridized carbons (Fsp3) is 0.500. The molecule has 2 aromatic rings. The number of imidazole rings is 1. The summed E-state index contributed by atoms with van der Waals surface area (Å²) in [5.41, 5.74) is 1.65. The molecule has 0 radical (unpaired) electrons. The molecule has 0 aliphatic rings. The van der Waals surface area contributed by atoms with Crippen molar-refractivity contribution in [1.29, 1.82) is 0 Å². The number of aromatic nitrogens is 2. The van der Waals surface area contributed by atoms with Crippen molar-refractivity contribution in [3.63, 3.8) is 0 Å². The van der Waals surface area contributed by atoms with Crippen molar-refractivity contribution < 1.29 is 4.39 Å². The van der Waals surface area contributed by atoms with E-state index in [1.807, 2.05) is 6.92 Å². The summed E-state index contributed by atoms with van der Waals surface area (Å²) < 4.78 is 15.5. The van der Waals surface area contributed by atoms with Crippen LogP contribution in [0.2, 0.25) is 0 Å². The van der Waals surface area contributed by atoms with E-state index in [4.69, 9.17) is 11.6 Å². The summed E-state index contributed by atoms with van der Waals surface area (Å²) in [6, 6.07) is 5.01. The minimum atomic E-state index is -0.233. The zero-order valence-electron chi connectivity index (χ0n) is 11.0. The molecule has 0 aliphatic heterocycles. The summed E-state index contributed by atoms with van der Waals surface area (Å²) in [5, 5.41) is -0.180. The Hall–Kier alpha value is -1.09. The Morgan fingerprint density at radius 3 is 2.56 bits per heavy atom. The second-order valence-electron chi connectivity index (χ2n) is 4.56. The number of rotatable bonds is 4. The normalized spacial score (nSPS) is 13.4. The van der Waals surface area contributed by atoms with E-state index in [0.29, 0.717) is 6.04 Å². The van der Waals surface area contributed by atoms with Crippen LogP contribution >= 0.6 is 11.6 Å². The van der Waals surface area contributed by atoms with Gasteiger partial charge in [-0.25, -0.2) is 9.37 Å². The highest BCUT2D eigenvalue weighted by Gasteiger charge is 2.19. The van der Waals surface area contributed by atoms with Gasteiger partial charge in [-0.3, -0.25) is 0 Å². The highest BCUT2D eigenvalue weighted by molar-refractivity contribution is 6.20. The molecule has 2 rings (SSSR count). The number of fused-ring (bicyclic) bond motifs is 1. The van der Waals surface area contributed by atoms with E-state index in [9.17, 15) is 4.39 Å². The van der Waals surface area contributed by atoms with Crippen molar-refractivity contribution in [2.24, 2.45) is 0 Å². The van der Waals surface area contributed by atoms with Gasteiger partial charge in [0, 0.05) is 6.04 Å². The molecule has 1 aromatic heterocycles. The number of nitrogens with zero attached hydrogens (tertiary/aromatic N) is 2. The molecule has 0 amide bonds. The molecule has 1 heterocycles. The third kappa shape index (κ3) is 2.24. The van der Waals surface area contributed by atoms with Gasteiger partial charge >= 0.3 is 0 Å². The number of alkyl halides is 1. The molecule has 0 saturated heterocycles. The van der Waals surface area contributed by atoms with Crippen LogP contribution in [-0.2, 0) is 0 Å². The molecule has 1 unspecified atom stereocenters. The third-order valence-electron chi connectivity index (χ3n) is 3.34. The summed E-state index contributed by atoms with van der Waals surface area (Å²) >= 11 is 6.20. The van der Waals surface area contributed by atoms with Crippen molar-refractivity contribution in [1.82, 2.24) is 9.55 Å². The Morgan fingerprint density at radius 2 is 2.00 bits per heavy atom. The van der Waals surface area contributed by atoms with Crippen LogP contribution < -0.4 is 0 Å². The number of benzene rings is 1. The van der Waals surface area contributed by atoms with Crippen LogP contribution in [0.1, 0.15) is 50.9 Å². The minimum Gasteiger partial charge on any atom is -0.324 e. The molecule has 0 N–H and O–H groups in total. The van der Waals surface area contributed by atoms with E-state index >= 15 is 0 Å². The molecule has 1 atom stereocenters. The van der Waals surface area contributed by atoms with Crippen LogP contribution in [-0.4, -0.2) is 9.55 Å². The fourth-order valence-corrected chi connectivity index (χ4v) is 2.56. The lowest BCUT2D eigenvalue weighted by molar-refractivity contribution is 0.466. The SMILES string of the molecule is CCC(CC)n1c(C(C)Cl)nc2ccc(F)cc21. The van der Waals surface area contributed by atoms with Gasteiger partial charge in [-0.1, -0.05) is 13.8 Å². The first-order valence-electron chi connectivity index (χ1n) is 6.39. The summed E-state index contributed by atoms with van der Waals surface area (Å²) in [5.74, 6) is 0.592. The predicted molar refractivity (Wildman–Crippen MR) is 73.6 cm³/mol. The maximum Gasteiger partial charge on any atom is 0.127 e. The third-order valence-corrected chi connectivity index (χ3v) is 3.54. The van der Waals surface area contributed by atoms with Crippen molar-refractivity contribution >= 4 is 22.6 Å². The van der Waals surface area contributed by atoms with E-state index in [2.05, 4.69) is 23.4 Å². The van der Waals surface area contributed by atoms with Crippen LogP contribution in [0.5, 0.6) is 0 Å². The Balaban J connectivity index is 2.71. The molecule has 0 spiro atoms. The van der Waals surface area contributed by atoms with Gasteiger partial charge < -0.3 is 4.57 Å². The second-order valence-corrected chi connectivity index (χ2v) is 5.21. The first kappa shape index (κ1) is 13.3. The molecule has 0 bridgehead atoms. The van der Waals surface area contributed by atoms with Crippen LogP contribution in [0.15, 0.2) is 18.2 Å². The number of hydrogen-bond donors (Lipinski definition) is 0. The molecule has 0 aliphatic carbocycles. The summed E-state index contributed by atoms with van der Waals surface area (Å²) in [6.45, 7) is 6.15. The Morgan fingerprint density at radius 1 is 1.33 bits per heavy atom. The molecule has 2 nitrogen and oxygen atoms in total. The highest BCUT2D eigenvalue weighted by atomic mass is 35.5. The molecule has 98 valence electrons. The molecular weight excluding hydrogens is 251 g/mol. The lowest BCUT2D eigenvalue weighted by Gasteiger charge is -2.19. The molecule has 0 fully saturated rings. The maximum absolute atomic E-state index is 13.4. The molecule has 0 saturated carbocycles. The first-order chi connectivity index (χ1) is 8.58. The average molecular weight is 269 g/mol. The van der Waals surface area contributed by atoms with Crippen molar-refractivity contribution in [3.8, 4) is 0 Å². The van der Waals surface area contributed by atoms with Gasteiger partial charge in [-0.15, -0.1) is 11.6 Å². The second kappa shape index (κ2) is 5.27. The van der Waals surface area contributed by atoms with E-state index in [1.54, 1.807) is 12.1 Å². The van der Waals surface area contributed by atoms with Crippen LogP contribution in [0.3, 0.4) is 0 Å². The van der Waals surface area contributed by atoms with E-state index in [0.717, 1.165) is 29.7 Å². The van der Waals surface area contributed by atoms with Gasteiger partial charge in [0.1, 0.15) is 11.6 Å². The van der Waals surface area contributed by atoms with E-state index < -0.39 is 0 Å². The Bertz CT molecular complexity index is 544. The monoisotopic (exact) mass is 268 g/mol. The standard InChI is InChI=1S/C14H18ClFN2/c1-4-11(5-2)18-13-8-10(16)6-7-12(13)17-14(18)9(3)15/h6-9,11H,4-5H2,1-3H3. The number of hydrogen-bond acceptors (Lipinski definition) is 1. The quantitative estimate of drug-likeness (QED) is 0.726. The Kier molecular flexibility index (Phi) is 3.91. The van der Waals surface area contributed by atoms with Crippen molar-refractivity contribution in [2.75, 3.05) is 0 Å². The largest absolute Gasteiger partial charge is 0.324 e. The van der Waals surface area contributed by atoms with Gasteiger partial charge in [-0.2, -0.15) is 0 Å². The average Bonchev–Trinajstić information content (AvgIpc) is 2.70. The summed E-state index contributed by atoms with van der Waals surface area (Å²) in [7, 11) is 0. The minimum absolute atomic E-state index is 0.180. The Labute approximate surface area is 112 Å². The molecule has 1 aromatic carbocycles. The topological polar surface area (TPSA) is 17.8 Å². The zero-order valence-corrected chi connectivity index (χ0v) is 11.7. The summed E-state index contributed by atoms with van der Waals surface area (Å²) in [4.78, 5) is 4.53. The van der Waals surface area contributed by atoms with Gasteiger partial charge in [0.15, 0.2) is 0 Å².